The van der Waals surface area contributed by atoms with Crippen molar-refractivity contribution >= 4 is 11.9 Å². The Morgan fingerprint density at radius 3 is 2.71 bits per heavy atom. The Morgan fingerprint density at radius 2 is 2.00 bits per heavy atom. The van der Waals surface area contributed by atoms with Crippen LogP contribution in [-0.2, 0) is 19.1 Å². The van der Waals surface area contributed by atoms with Gasteiger partial charge in [-0.2, -0.15) is 0 Å². The predicted octanol–water partition coefficient (Wildman–Crippen LogP) is -0.144. The van der Waals surface area contributed by atoms with Crippen LogP contribution < -0.4 is 4.90 Å². The number of ether oxygens (including phenoxy) is 2. The maximum Gasteiger partial charge on any atom is 0.338 e. The van der Waals surface area contributed by atoms with E-state index in [-0.39, 0.29) is 30.5 Å². The first-order valence-electron chi connectivity index (χ1n) is 8.95. The second-order valence-corrected chi connectivity index (χ2v) is 7.63. The van der Waals surface area contributed by atoms with E-state index < -0.39 is 17.5 Å². The minimum absolute atomic E-state index is 0.108. The highest BCUT2D eigenvalue weighted by atomic mass is 16.6. The van der Waals surface area contributed by atoms with Crippen LogP contribution in [0.2, 0.25) is 0 Å². The van der Waals surface area contributed by atoms with Crippen LogP contribution in [0.3, 0.4) is 0 Å². The molecule has 24 heavy (non-hydrogen) atoms. The van der Waals surface area contributed by atoms with Crippen molar-refractivity contribution < 1.29 is 29.1 Å². The summed E-state index contributed by atoms with van der Waals surface area (Å²) in [4.78, 5) is 26.4. The molecule has 2 N–H and O–H groups in total. The number of hydrogen-bond acceptors (Lipinski definition) is 5. The predicted molar refractivity (Wildman–Crippen MR) is 86.2 cm³/mol. The number of rotatable bonds is 0. The molecule has 1 unspecified atom stereocenters. The number of aliphatic hydroxyl groups is 1. The van der Waals surface area contributed by atoms with Gasteiger partial charge in [-0.05, 0) is 26.2 Å². The number of esters is 2. The van der Waals surface area contributed by atoms with E-state index in [2.05, 4.69) is 0 Å². The van der Waals surface area contributed by atoms with Gasteiger partial charge in [-0.25, -0.2) is 9.59 Å². The quantitative estimate of drug-likeness (QED) is 0.475. The van der Waals surface area contributed by atoms with Gasteiger partial charge in [0.1, 0.15) is 12.6 Å². The Labute approximate surface area is 142 Å². The highest BCUT2D eigenvalue weighted by molar-refractivity contribution is 5.89. The minimum atomic E-state index is -1.62. The van der Waals surface area contributed by atoms with E-state index in [1.165, 1.54) is 11.8 Å². The third-order valence-electron chi connectivity index (χ3n) is 6.16. The van der Waals surface area contributed by atoms with Gasteiger partial charge in [-0.15, -0.1) is 0 Å². The van der Waals surface area contributed by atoms with E-state index in [9.17, 15) is 14.7 Å². The van der Waals surface area contributed by atoms with Gasteiger partial charge >= 0.3 is 11.9 Å². The molecule has 3 aliphatic heterocycles. The Hall–Kier alpha value is -1.40. The molecule has 0 amide bonds. The third kappa shape index (κ3) is 2.97. The molecule has 0 spiro atoms. The van der Waals surface area contributed by atoms with Gasteiger partial charge in [-0.1, -0.05) is 13.0 Å². The molecule has 0 radical (unpaired) electrons. The van der Waals surface area contributed by atoms with Gasteiger partial charge in [0.2, 0.25) is 0 Å². The smallest absolute Gasteiger partial charge is 0.338 e. The average molecular weight is 338 g/mol. The van der Waals surface area contributed by atoms with Crippen molar-refractivity contribution in [3.8, 4) is 0 Å². The van der Waals surface area contributed by atoms with Crippen molar-refractivity contribution in [2.75, 3.05) is 19.7 Å². The van der Waals surface area contributed by atoms with Crippen LogP contribution in [0.15, 0.2) is 11.6 Å². The van der Waals surface area contributed by atoms with Gasteiger partial charge in [0.25, 0.3) is 0 Å². The van der Waals surface area contributed by atoms with Gasteiger partial charge in [0.15, 0.2) is 11.7 Å². The van der Waals surface area contributed by atoms with Gasteiger partial charge in [-0.3, -0.25) is 0 Å². The molecule has 3 fully saturated rings. The summed E-state index contributed by atoms with van der Waals surface area (Å²) in [5.74, 6) is -1.16. The van der Waals surface area contributed by atoms with Crippen molar-refractivity contribution in [2.24, 2.45) is 11.8 Å². The number of carbonyl (C=O) groups excluding carboxylic acids is 2. The van der Waals surface area contributed by atoms with Crippen LogP contribution >= 0.6 is 0 Å². The second kappa shape index (κ2) is 6.48. The van der Waals surface area contributed by atoms with Crippen molar-refractivity contribution in [3.05, 3.63) is 11.6 Å². The van der Waals surface area contributed by atoms with Crippen LogP contribution in [0.1, 0.15) is 40.0 Å². The molecule has 0 aromatic heterocycles. The molecule has 3 aliphatic rings. The summed E-state index contributed by atoms with van der Waals surface area (Å²) in [5.41, 5.74) is -1.10. The molecule has 134 valence electrons. The van der Waals surface area contributed by atoms with Crippen molar-refractivity contribution in [3.63, 3.8) is 0 Å². The molecule has 6 nitrogen and oxygen atoms in total. The lowest BCUT2D eigenvalue weighted by atomic mass is 9.85. The van der Waals surface area contributed by atoms with E-state index >= 15 is 0 Å². The highest BCUT2D eigenvalue weighted by Gasteiger charge is 2.51. The normalized spacial score (nSPS) is 45.2. The van der Waals surface area contributed by atoms with Crippen molar-refractivity contribution in [1.82, 2.24) is 0 Å². The number of carbonyl (C=O) groups is 2. The number of hydrogen-bond donors (Lipinski definition) is 2. The van der Waals surface area contributed by atoms with Crippen molar-refractivity contribution in [2.45, 2.75) is 57.8 Å². The fraction of sp³-hybridized carbons (Fsp3) is 0.778. The molecule has 3 heterocycles. The van der Waals surface area contributed by atoms with Gasteiger partial charge in [0, 0.05) is 18.4 Å². The zero-order valence-electron chi connectivity index (χ0n) is 14.7. The molecule has 3 saturated heterocycles. The Bertz CT molecular complexity index is 556. The monoisotopic (exact) mass is 338 g/mol. The summed E-state index contributed by atoms with van der Waals surface area (Å²) in [6, 6.07) is 0.196. The summed E-state index contributed by atoms with van der Waals surface area (Å²) in [6.45, 7) is 7.31. The Kier molecular flexibility index (Phi) is 4.71. The van der Waals surface area contributed by atoms with Crippen LogP contribution in [-0.4, -0.2) is 54.5 Å². The van der Waals surface area contributed by atoms with Crippen molar-refractivity contribution in [1.29, 1.82) is 0 Å². The Morgan fingerprint density at radius 1 is 1.29 bits per heavy atom. The molecule has 6 atom stereocenters. The molecule has 0 bridgehead atoms. The van der Waals surface area contributed by atoms with Gasteiger partial charge in [0.05, 0.1) is 19.0 Å². The summed E-state index contributed by atoms with van der Waals surface area (Å²) < 4.78 is 11.3. The fourth-order valence-corrected chi connectivity index (χ4v) is 4.33. The zero-order chi connectivity index (χ0) is 17.5. The molecule has 0 aromatic rings. The molecule has 0 aliphatic carbocycles. The SMILES string of the molecule is C/C=C1/C[C@H](C)[C@](C)(O)C(=O)OC[C@@H]2CC[NH+]3CC[C@H](OC1=O)[C@H]23. The number of quaternary nitrogens is 1. The summed E-state index contributed by atoms with van der Waals surface area (Å²) in [6.07, 6.45) is 3.71. The summed E-state index contributed by atoms with van der Waals surface area (Å²) >= 11 is 0. The lowest BCUT2D eigenvalue weighted by Crippen LogP contribution is -3.12. The van der Waals surface area contributed by atoms with Crippen LogP contribution in [0.4, 0.5) is 0 Å². The summed E-state index contributed by atoms with van der Waals surface area (Å²) in [5, 5.41) is 10.6. The maximum atomic E-state index is 12.6. The molecule has 0 saturated carbocycles. The number of nitrogens with one attached hydrogen (secondary N) is 1. The topological polar surface area (TPSA) is 77.3 Å². The molecule has 3 rings (SSSR count). The first-order chi connectivity index (χ1) is 11.3. The first-order valence-corrected chi connectivity index (χ1v) is 8.95. The summed E-state index contributed by atoms with van der Waals surface area (Å²) in [7, 11) is 0. The van der Waals surface area contributed by atoms with Gasteiger partial charge < -0.3 is 19.5 Å². The van der Waals surface area contributed by atoms with E-state index in [1.54, 1.807) is 19.9 Å². The second-order valence-electron chi connectivity index (χ2n) is 7.63. The minimum Gasteiger partial charge on any atom is -0.463 e. The lowest BCUT2D eigenvalue weighted by Gasteiger charge is -2.31. The number of cyclic esters (lactones) is 1. The van der Waals surface area contributed by atoms with E-state index in [1.807, 2.05) is 0 Å². The maximum absolute atomic E-state index is 12.6. The van der Waals surface area contributed by atoms with E-state index in [0.717, 1.165) is 25.9 Å². The van der Waals surface area contributed by atoms with Crippen LogP contribution in [0.25, 0.3) is 0 Å². The largest absolute Gasteiger partial charge is 0.463 e. The van der Waals surface area contributed by atoms with Crippen LogP contribution in [0.5, 0.6) is 0 Å². The standard InChI is InChI=1S/C18H27NO5/c1-4-12-9-11(2)18(3,22)17(21)23-10-13-5-7-19-8-6-14(15(13)19)24-16(12)20/h4,11,13-15,22H,5-10H2,1-3H3/p+1/b12-4-/t11-,13-,14-,15-,18-/m0/s1. The third-order valence-corrected chi connectivity index (χ3v) is 6.16. The van der Waals surface area contributed by atoms with E-state index in [4.69, 9.17) is 9.47 Å². The highest BCUT2D eigenvalue weighted by Crippen LogP contribution is 2.30. The van der Waals surface area contributed by atoms with Crippen LogP contribution in [0, 0.1) is 11.8 Å². The van der Waals surface area contributed by atoms with E-state index in [0.29, 0.717) is 12.2 Å². The fourth-order valence-electron chi connectivity index (χ4n) is 4.33. The number of allylic oxidation sites excluding steroid dienone is 1. The zero-order valence-corrected chi connectivity index (χ0v) is 14.7. The first kappa shape index (κ1) is 17.4. The lowest BCUT2D eigenvalue weighted by molar-refractivity contribution is -0.902. The Balaban J connectivity index is 1.89. The molecular formula is C18H28NO5+. The molecule has 6 heteroatoms. The average Bonchev–Trinajstić information content (AvgIpc) is 3.12. The molecule has 0 aromatic carbocycles. The molecular weight excluding hydrogens is 310 g/mol.